The van der Waals surface area contributed by atoms with E-state index in [9.17, 15) is 22.8 Å². The molecule has 1 amide bonds. The zero-order valence-electron chi connectivity index (χ0n) is 13.6. The normalized spacial score (nSPS) is 12.5. The lowest BCUT2D eigenvalue weighted by Gasteiger charge is -2.16. The number of hydrogen-bond acceptors (Lipinski definition) is 6. The Bertz CT molecular complexity index is 751. The van der Waals surface area contributed by atoms with Crippen molar-refractivity contribution in [3.63, 3.8) is 0 Å². The first kappa shape index (κ1) is 20.2. The standard InChI is InChI=1S/C16H15F3N2O3S2/c1-10(24-14(22)8-25-6-11-7-26-9-20-11)15(23)21-13-5-3-2-4-12(13)16(17,18)19/h2-5,7,9-10H,6,8H2,1H3,(H,21,23)/t10-/m1/s1. The van der Waals surface area contributed by atoms with E-state index in [1.54, 1.807) is 5.51 Å². The zero-order chi connectivity index (χ0) is 19.2. The van der Waals surface area contributed by atoms with Crippen molar-refractivity contribution in [2.45, 2.75) is 25.0 Å². The number of amides is 1. The van der Waals surface area contributed by atoms with Crippen molar-refractivity contribution in [3.05, 3.63) is 46.4 Å². The lowest BCUT2D eigenvalue weighted by molar-refractivity contribution is -0.150. The number of carbonyl (C=O) groups is 2. The number of esters is 1. The van der Waals surface area contributed by atoms with Gasteiger partial charge in [-0.05, 0) is 19.1 Å². The van der Waals surface area contributed by atoms with E-state index in [0.29, 0.717) is 5.75 Å². The largest absolute Gasteiger partial charge is 0.452 e. The Morgan fingerprint density at radius 1 is 1.35 bits per heavy atom. The number of nitrogens with one attached hydrogen (secondary N) is 1. The topological polar surface area (TPSA) is 68.3 Å². The van der Waals surface area contributed by atoms with Gasteiger partial charge in [0, 0.05) is 11.1 Å². The molecule has 0 spiro atoms. The Hall–Kier alpha value is -2.07. The molecule has 0 saturated carbocycles. The first-order chi connectivity index (χ1) is 12.3. The fraction of sp³-hybridized carbons (Fsp3) is 0.312. The molecule has 140 valence electrons. The van der Waals surface area contributed by atoms with E-state index in [1.165, 1.54) is 42.2 Å². The van der Waals surface area contributed by atoms with Crippen molar-refractivity contribution >= 4 is 40.7 Å². The first-order valence-electron chi connectivity index (χ1n) is 7.38. The molecule has 2 aromatic rings. The molecule has 0 aliphatic rings. The molecule has 1 atom stereocenters. The lowest BCUT2D eigenvalue weighted by Crippen LogP contribution is -2.31. The van der Waals surface area contributed by atoms with Crippen molar-refractivity contribution < 1.29 is 27.5 Å². The molecule has 1 N–H and O–H groups in total. The molecule has 1 heterocycles. The summed E-state index contributed by atoms with van der Waals surface area (Å²) < 4.78 is 43.7. The second kappa shape index (κ2) is 9.04. The highest BCUT2D eigenvalue weighted by molar-refractivity contribution is 7.99. The number of carbonyl (C=O) groups excluding carboxylic acids is 2. The van der Waals surface area contributed by atoms with Gasteiger partial charge in [-0.15, -0.1) is 23.1 Å². The monoisotopic (exact) mass is 404 g/mol. The van der Waals surface area contributed by atoms with E-state index >= 15 is 0 Å². The maximum atomic E-state index is 12.9. The van der Waals surface area contributed by atoms with Gasteiger partial charge in [0.2, 0.25) is 0 Å². The molecule has 10 heteroatoms. The summed E-state index contributed by atoms with van der Waals surface area (Å²) in [5.41, 5.74) is 1.17. The number of thioether (sulfide) groups is 1. The van der Waals surface area contributed by atoms with Crippen LogP contribution in [0.2, 0.25) is 0 Å². The van der Waals surface area contributed by atoms with E-state index in [1.807, 2.05) is 5.38 Å². The van der Waals surface area contributed by atoms with E-state index in [4.69, 9.17) is 4.74 Å². The summed E-state index contributed by atoms with van der Waals surface area (Å²) in [4.78, 5) is 27.8. The van der Waals surface area contributed by atoms with Crippen molar-refractivity contribution in [3.8, 4) is 0 Å². The highest BCUT2D eigenvalue weighted by atomic mass is 32.2. The van der Waals surface area contributed by atoms with Gasteiger partial charge in [-0.25, -0.2) is 4.98 Å². The number of aromatic nitrogens is 1. The molecule has 5 nitrogen and oxygen atoms in total. The van der Waals surface area contributed by atoms with Crippen LogP contribution < -0.4 is 5.32 Å². The smallest absolute Gasteiger partial charge is 0.418 e. The second-order valence-electron chi connectivity index (χ2n) is 5.14. The summed E-state index contributed by atoms with van der Waals surface area (Å²) in [7, 11) is 0. The quantitative estimate of drug-likeness (QED) is 0.708. The lowest BCUT2D eigenvalue weighted by atomic mass is 10.1. The summed E-state index contributed by atoms with van der Waals surface area (Å²) >= 11 is 2.71. The summed E-state index contributed by atoms with van der Waals surface area (Å²) in [5.74, 6) is -0.927. The number of thiazole rings is 1. The summed E-state index contributed by atoms with van der Waals surface area (Å²) in [6.45, 7) is 1.30. The predicted molar refractivity (Wildman–Crippen MR) is 93.9 cm³/mol. The molecule has 1 aromatic carbocycles. The minimum atomic E-state index is -4.60. The molecule has 0 unspecified atom stereocenters. The van der Waals surface area contributed by atoms with Crippen molar-refractivity contribution in [2.24, 2.45) is 0 Å². The van der Waals surface area contributed by atoms with E-state index in [-0.39, 0.29) is 11.4 Å². The Labute approximate surface area is 156 Å². The summed E-state index contributed by atoms with van der Waals surface area (Å²) in [5, 5.41) is 4.00. The van der Waals surface area contributed by atoms with E-state index < -0.39 is 29.7 Å². The van der Waals surface area contributed by atoms with Crippen LogP contribution in [0, 0.1) is 0 Å². The third-order valence-corrected chi connectivity index (χ3v) is 4.70. The molecule has 0 radical (unpaired) electrons. The Morgan fingerprint density at radius 2 is 2.08 bits per heavy atom. The number of ether oxygens (including phenoxy) is 1. The number of rotatable bonds is 7. The fourth-order valence-corrected chi connectivity index (χ4v) is 3.27. The predicted octanol–water partition coefficient (Wildman–Crippen LogP) is 3.97. The number of anilines is 1. The van der Waals surface area contributed by atoms with Crippen LogP contribution in [-0.2, 0) is 26.3 Å². The van der Waals surface area contributed by atoms with Crippen molar-refractivity contribution in [2.75, 3.05) is 11.1 Å². The molecular formula is C16H15F3N2O3S2. The Balaban J connectivity index is 1.85. The minimum absolute atomic E-state index is 0.00822. The maximum absolute atomic E-state index is 12.9. The SMILES string of the molecule is C[C@@H](OC(=O)CSCc1cscn1)C(=O)Nc1ccccc1C(F)(F)F. The van der Waals surface area contributed by atoms with Gasteiger partial charge in [0.1, 0.15) is 0 Å². The van der Waals surface area contributed by atoms with Crippen LogP contribution in [-0.4, -0.2) is 28.7 Å². The molecular weight excluding hydrogens is 389 g/mol. The van der Waals surface area contributed by atoms with Gasteiger partial charge in [-0.3, -0.25) is 9.59 Å². The van der Waals surface area contributed by atoms with Crippen LogP contribution in [0.4, 0.5) is 18.9 Å². The zero-order valence-corrected chi connectivity index (χ0v) is 15.2. The van der Waals surface area contributed by atoms with Gasteiger partial charge < -0.3 is 10.1 Å². The van der Waals surface area contributed by atoms with Gasteiger partial charge in [0.05, 0.1) is 28.2 Å². The number of benzene rings is 1. The van der Waals surface area contributed by atoms with Gasteiger partial charge in [0.15, 0.2) is 6.10 Å². The molecule has 0 aliphatic heterocycles. The van der Waals surface area contributed by atoms with Crippen LogP contribution in [0.25, 0.3) is 0 Å². The average molecular weight is 404 g/mol. The average Bonchev–Trinajstić information content (AvgIpc) is 3.07. The summed E-state index contributed by atoms with van der Waals surface area (Å²) in [6.07, 6.45) is -5.82. The van der Waals surface area contributed by atoms with Gasteiger partial charge >= 0.3 is 12.1 Å². The van der Waals surface area contributed by atoms with Gasteiger partial charge in [0.25, 0.3) is 5.91 Å². The molecule has 0 bridgehead atoms. The number of nitrogens with zero attached hydrogens (tertiary/aromatic N) is 1. The van der Waals surface area contributed by atoms with Crippen LogP contribution in [0.3, 0.4) is 0 Å². The molecule has 0 saturated heterocycles. The number of alkyl halides is 3. The van der Waals surface area contributed by atoms with Gasteiger partial charge in [-0.1, -0.05) is 12.1 Å². The highest BCUT2D eigenvalue weighted by Gasteiger charge is 2.34. The van der Waals surface area contributed by atoms with Crippen molar-refractivity contribution in [1.82, 2.24) is 4.98 Å². The Morgan fingerprint density at radius 3 is 2.73 bits per heavy atom. The Kier molecular flexibility index (Phi) is 7.04. The maximum Gasteiger partial charge on any atom is 0.418 e. The molecule has 2 rings (SSSR count). The highest BCUT2D eigenvalue weighted by Crippen LogP contribution is 2.34. The van der Waals surface area contributed by atoms with E-state index in [2.05, 4.69) is 10.3 Å². The minimum Gasteiger partial charge on any atom is -0.452 e. The third-order valence-electron chi connectivity index (χ3n) is 3.12. The fourth-order valence-electron chi connectivity index (χ4n) is 1.91. The number of hydrogen-bond donors (Lipinski definition) is 1. The molecule has 0 fully saturated rings. The third kappa shape index (κ3) is 6.03. The van der Waals surface area contributed by atoms with Crippen LogP contribution in [0.5, 0.6) is 0 Å². The van der Waals surface area contributed by atoms with Gasteiger partial charge in [-0.2, -0.15) is 13.2 Å². The van der Waals surface area contributed by atoms with Crippen molar-refractivity contribution in [1.29, 1.82) is 0 Å². The number of halogens is 3. The summed E-state index contributed by atoms with van der Waals surface area (Å²) in [6, 6.07) is 4.60. The van der Waals surface area contributed by atoms with Crippen LogP contribution in [0.1, 0.15) is 18.2 Å². The molecule has 26 heavy (non-hydrogen) atoms. The van der Waals surface area contributed by atoms with Crippen LogP contribution >= 0.6 is 23.1 Å². The van der Waals surface area contributed by atoms with E-state index in [0.717, 1.165) is 17.8 Å². The number of para-hydroxylation sites is 1. The van der Waals surface area contributed by atoms with Crippen LogP contribution in [0.15, 0.2) is 35.2 Å². The molecule has 0 aliphatic carbocycles. The first-order valence-corrected chi connectivity index (χ1v) is 9.48. The molecule has 1 aromatic heterocycles. The second-order valence-corrected chi connectivity index (χ2v) is 6.84.